The Bertz CT molecular complexity index is 250. The van der Waals surface area contributed by atoms with Gasteiger partial charge in [-0.3, -0.25) is 0 Å². The van der Waals surface area contributed by atoms with Gasteiger partial charge in [-0.25, -0.2) is 0 Å². The minimum atomic E-state index is 0.655. The molecule has 1 unspecified atom stereocenters. The molecule has 0 aromatic carbocycles. The Balaban J connectivity index is 2.23. The highest BCUT2D eigenvalue weighted by molar-refractivity contribution is 9.09. The third-order valence-electron chi connectivity index (χ3n) is 2.00. The highest BCUT2D eigenvalue weighted by Gasteiger charge is 2.19. The van der Waals surface area contributed by atoms with Gasteiger partial charge in [0.05, 0.1) is 12.5 Å². The van der Waals surface area contributed by atoms with Crippen LogP contribution in [0.5, 0.6) is 0 Å². The number of hydrogen-bond donors (Lipinski definition) is 0. The van der Waals surface area contributed by atoms with Crippen molar-refractivity contribution in [2.75, 3.05) is 5.33 Å². The van der Waals surface area contributed by atoms with Gasteiger partial charge >= 0.3 is 0 Å². The highest BCUT2D eigenvalue weighted by atomic mass is 79.9. The Kier molecular flexibility index (Phi) is 1.86. The Morgan fingerprint density at radius 2 is 2.55 bits per heavy atom. The minimum absolute atomic E-state index is 0.655. The molecular formula is C9H9BrO. The molecule has 1 aliphatic heterocycles. The highest BCUT2D eigenvalue weighted by Crippen LogP contribution is 2.33. The van der Waals surface area contributed by atoms with Crippen LogP contribution in [-0.4, -0.2) is 5.33 Å². The summed E-state index contributed by atoms with van der Waals surface area (Å²) in [5.41, 5.74) is 2.66. The van der Waals surface area contributed by atoms with E-state index in [0.717, 1.165) is 11.8 Å². The van der Waals surface area contributed by atoms with Gasteiger partial charge in [-0.1, -0.05) is 22.0 Å². The van der Waals surface area contributed by atoms with Crippen molar-refractivity contribution < 1.29 is 4.74 Å². The lowest BCUT2D eigenvalue weighted by atomic mass is 10.1. The molecule has 2 rings (SSSR count). The van der Waals surface area contributed by atoms with Crippen molar-refractivity contribution in [3.63, 3.8) is 0 Å². The first-order valence-corrected chi connectivity index (χ1v) is 4.81. The van der Waals surface area contributed by atoms with Gasteiger partial charge in [0.1, 0.15) is 0 Å². The van der Waals surface area contributed by atoms with Crippen LogP contribution >= 0.6 is 15.9 Å². The zero-order valence-electron chi connectivity index (χ0n) is 6.09. The van der Waals surface area contributed by atoms with Gasteiger partial charge in [0.15, 0.2) is 0 Å². The first kappa shape index (κ1) is 7.17. The summed E-state index contributed by atoms with van der Waals surface area (Å²) >= 11 is 3.47. The fourth-order valence-corrected chi connectivity index (χ4v) is 1.85. The summed E-state index contributed by atoms with van der Waals surface area (Å²) in [6, 6.07) is 0. The monoisotopic (exact) mass is 212 g/mol. The van der Waals surface area contributed by atoms with Crippen molar-refractivity contribution in [1.82, 2.24) is 0 Å². The van der Waals surface area contributed by atoms with Crippen LogP contribution in [0.15, 0.2) is 35.8 Å². The van der Waals surface area contributed by atoms with Crippen molar-refractivity contribution in [2.24, 2.45) is 5.92 Å². The van der Waals surface area contributed by atoms with Gasteiger partial charge in [0.25, 0.3) is 0 Å². The van der Waals surface area contributed by atoms with Crippen LogP contribution in [0.2, 0.25) is 0 Å². The number of rotatable bonds is 1. The smallest absolute Gasteiger partial charge is 0.0939 e. The van der Waals surface area contributed by atoms with E-state index in [1.165, 1.54) is 11.1 Å². The number of alkyl halides is 1. The molecule has 0 amide bonds. The van der Waals surface area contributed by atoms with Crippen molar-refractivity contribution in [1.29, 1.82) is 0 Å². The van der Waals surface area contributed by atoms with Crippen molar-refractivity contribution in [3.05, 3.63) is 35.8 Å². The van der Waals surface area contributed by atoms with Crippen LogP contribution in [0, 0.1) is 5.92 Å². The molecule has 0 spiro atoms. The molecule has 58 valence electrons. The Morgan fingerprint density at radius 3 is 3.27 bits per heavy atom. The Hall–Kier alpha value is -0.500. The average Bonchev–Trinajstić information content (AvgIpc) is 2.46. The first-order valence-electron chi connectivity index (χ1n) is 3.69. The van der Waals surface area contributed by atoms with E-state index < -0.39 is 0 Å². The standard InChI is InChI=1S/C9H9BrO/c10-5-7-3-8-1-2-11-6-9(8)4-7/h1-3,6-7H,4-5H2. The molecule has 1 aliphatic carbocycles. The number of halogens is 1. The second-order valence-corrected chi connectivity index (χ2v) is 3.47. The first-order chi connectivity index (χ1) is 5.40. The minimum Gasteiger partial charge on any atom is -0.472 e. The average molecular weight is 213 g/mol. The quantitative estimate of drug-likeness (QED) is 0.608. The second-order valence-electron chi connectivity index (χ2n) is 2.82. The van der Waals surface area contributed by atoms with Crippen molar-refractivity contribution in [2.45, 2.75) is 6.42 Å². The lowest BCUT2D eigenvalue weighted by molar-refractivity contribution is 0.392. The predicted octanol–water partition coefficient (Wildman–Crippen LogP) is 2.76. The van der Waals surface area contributed by atoms with Gasteiger partial charge < -0.3 is 4.74 Å². The van der Waals surface area contributed by atoms with Crippen LogP contribution in [0.3, 0.4) is 0 Å². The number of ether oxygens (including phenoxy) is 1. The van der Waals surface area contributed by atoms with Crippen LogP contribution in [0.1, 0.15) is 6.42 Å². The molecule has 1 nitrogen and oxygen atoms in total. The van der Waals surface area contributed by atoms with E-state index in [9.17, 15) is 0 Å². The zero-order valence-corrected chi connectivity index (χ0v) is 7.67. The lowest BCUT2D eigenvalue weighted by Gasteiger charge is -2.05. The normalized spacial score (nSPS) is 27.2. The summed E-state index contributed by atoms with van der Waals surface area (Å²) in [5, 5.41) is 1.04. The molecular weight excluding hydrogens is 204 g/mol. The number of fused-ring (bicyclic) bond motifs is 1. The van der Waals surface area contributed by atoms with E-state index in [-0.39, 0.29) is 0 Å². The molecule has 0 N–H and O–H groups in total. The zero-order chi connectivity index (χ0) is 7.68. The molecule has 0 bridgehead atoms. The fraction of sp³-hybridized carbons (Fsp3) is 0.333. The fourth-order valence-electron chi connectivity index (χ4n) is 1.43. The van der Waals surface area contributed by atoms with E-state index in [1.54, 1.807) is 6.26 Å². The summed E-state index contributed by atoms with van der Waals surface area (Å²) in [6.45, 7) is 0. The van der Waals surface area contributed by atoms with Crippen LogP contribution < -0.4 is 0 Å². The third-order valence-corrected chi connectivity index (χ3v) is 2.83. The van der Waals surface area contributed by atoms with Crippen LogP contribution in [0.4, 0.5) is 0 Å². The molecule has 0 saturated heterocycles. The molecule has 1 atom stereocenters. The van der Waals surface area contributed by atoms with Gasteiger partial charge in [-0.05, 0) is 29.6 Å². The summed E-state index contributed by atoms with van der Waals surface area (Å²) in [7, 11) is 0. The summed E-state index contributed by atoms with van der Waals surface area (Å²) in [4.78, 5) is 0. The van der Waals surface area contributed by atoms with Crippen molar-refractivity contribution in [3.8, 4) is 0 Å². The molecule has 0 fully saturated rings. The molecule has 11 heavy (non-hydrogen) atoms. The van der Waals surface area contributed by atoms with Gasteiger partial charge in [0, 0.05) is 5.33 Å². The SMILES string of the molecule is BrCC1C=C2C=COC=C2C1. The topological polar surface area (TPSA) is 9.23 Å². The van der Waals surface area contributed by atoms with Gasteiger partial charge in [-0.15, -0.1) is 0 Å². The van der Waals surface area contributed by atoms with E-state index in [4.69, 9.17) is 4.74 Å². The molecule has 0 aromatic heterocycles. The lowest BCUT2D eigenvalue weighted by Crippen LogP contribution is -1.92. The molecule has 2 heteroatoms. The molecule has 0 saturated carbocycles. The molecule has 2 aliphatic rings. The van der Waals surface area contributed by atoms with Crippen LogP contribution in [0.25, 0.3) is 0 Å². The largest absolute Gasteiger partial charge is 0.472 e. The maximum atomic E-state index is 5.08. The predicted molar refractivity (Wildman–Crippen MR) is 48.3 cm³/mol. The second kappa shape index (κ2) is 2.86. The van der Waals surface area contributed by atoms with Crippen LogP contribution in [-0.2, 0) is 4.74 Å². The Morgan fingerprint density at radius 1 is 1.64 bits per heavy atom. The van der Waals surface area contributed by atoms with E-state index in [1.807, 2.05) is 12.3 Å². The molecule has 1 heterocycles. The van der Waals surface area contributed by atoms with Gasteiger partial charge in [-0.2, -0.15) is 0 Å². The summed E-state index contributed by atoms with van der Waals surface area (Å²) in [5.74, 6) is 0.655. The molecule has 0 radical (unpaired) electrons. The van der Waals surface area contributed by atoms with E-state index in [0.29, 0.717) is 5.92 Å². The van der Waals surface area contributed by atoms with E-state index in [2.05, 4.69) is 22.0 Å². The maximum absolute atomic E-state index is 5.08. The van der Waals surface area contributed by atoms with Gasteiger partial charge in [0.2, 0.25) is 0 Å². The third kappa shape index (κ3) is 1.27. The number of allylic oxidation sites excluding steroid dienone is 4. The summed E-state index contributed by atoms with van der Waals surface area (Å²) < 4.78 is 5.08. The number of hydrogen-bond acceptors (Lipinski definition) is 1. The molecule has 0 aromatic rings. The van der Waals surface area contributed by atoms with Crippen molar-refractivity contribution >= 4 is 15.9 Å². The summed E-state index contributed by atoms with van der Waals surface area (Å²) in [6.07, 6.45) is 9.00. The van der Waals surface area contributed by atoms with E-state index >= 15 is 0 Å². The maximum Gasteiger partial charge on any atom is 0.0939 e. The Labute approximate surface area is 74.6 Å².